The van der Waals surface area contributed by atoms with Gasteiger partial charge in [-0.1, -0.05) is 6.92 Å². The second-order valence-electron chi connectivity index (χ2n) is 2.92. The zero-order chi connectivity index (χ0) is 10.6. The molecule has 2 heteroatoms. The van der Waals surface area contributed by atoms with Crippen LogP contribution in [0.4, 0.5) is 0 Å². The van der Waals surface area contributed by atoms with E-state index in [9.17, 15) is 0 Å². The molecule has 0 atom stereocenters. The van der Waals surface area contributed by atoms with Crippen LogP contribution < -0.4 is 0 Å². The molecule has 0 aliphatic rings. The molecule has 90 valence electrons. The molecule has 0 saturated carbocycles. The Morgan fingerprint density at radius 2 is 1.13 bits per heavy atom. The molecule has 0 aliphatic carbocycles. The second kappa shape index (κ2) is 13.6. The first-order chi connectivity index (χ1) is 6.81. The third-order valence-corrected chi connectivity index (χ3v) is 1.38. The first-order valence-electron chi connectivity index (χ1n) is 4.74. The molecule has 0 heterocycles. The molecule has 0 N–H and O–H groups in total. The standard InChI is InChI=1S/C6H7.C5H5.C2H7P.Fe/c1-6-4-2-3-5-6;1-2-4-5-3-1;1-3-2;/h2-5H,1H3;1-5H;3H,1-2H3;/q-1;-5;;. The van der Waals surface area contributed by atoms with Crippen molar-refractivity contribution in [3.8, 4) is 0 Å². The molecule has 0 bridgehead atoms. The van der Waals surface area contributed by atoms with Gasteiger partial charge in [0.1, 0.15) is 0 Å². The van der Waals surface area contributed by atoms with E-state index in [4.69, 9.17) is 0 Å². The normalized spacial score (nSPS) is 7.40. The first-order valence-corrected chi connectivity index (χ1v) is 6.74. The Morgan fingerprint density at radius 3 is 1.27 bits per heavy atom. The van der Waals surface area contributed by atoms with Gasteiger partial charge in [-0.25, -0.2) is 12.1 Å². The van der Waals surface area contributed by atoms with Crippen LogP contribution in [-0.4, -0.2) is 13.3 Å². The van der Waals surface area contributed by atoms with Gasteiger partial charge >= 0.3 is 0 Å². The topological polar surface area (TPSA) is 0 Å². The van der Waals surface area contributed by atoms with Crippen molar-refractivity contribution in [1.29, 1.82) is 0 Å². The summed E-state index contributed by atoms with van der Waals surface area (Å²) in [4.78, 5) is 0. The third-order valence-electron chi connectivity index (χ3n) is 1.38. The second-order valence-corrected chi connectivity index (χ2v) is 3.92. The summed E-state index contributed by atoms with van der Waals surface area (Å²) in [6.45, 7) is 6.39. The third kappa shape index (κ3) is 13.6. The molecule has 15 heavy (non-hydrogen) atoms. The summed E-state index contributed by atoms with van der Waals surface area (Å²) in [6.07, 6.45) is 0. The van der Waals surface area contributed by atoms with Crippen LogP contribution in [0.2, 0.25) is 0 Å². The van der Waals surface area contributed by atoms with E-state index in [1.165, 1.54) is 5.56 Å². The van der Waals surface area contributed by atoms with Crippen molar-refractivity contribution in [2.75, 3.05) is 13.3 Å². The fraction of sp³-hybridized carbons (Fsp3) is 0.231. The summed E-state index contributed by atoms with van der Waals surface area (Å²) < 4.78 is 0. The predicted molar refractivity (Wildman–Crippen MR) is 69.0 cm³/mol. The molecule has 2 rings (SSSR count). The molecule has 2 aromatic rings. The van der Waals surface area contributed by atoms with Gasteiger partial charge < -0.3 is 30.3 Å². The minimum absolute atomic E-state index is 0. The number of rotatable bonds is 0. The Balaban J connectivity index is 0. The van der Waals surface area contributed by atoms with Crippen LogP contribution in [-0.2, 0) is 17.1 Å². The van der Waals surface area contributed by atoms with Gasteiger partial charge in [0.05, 0.1) is 0 Å². The van der Waals surface area contributed by atoms with Crippen LogP contribution in [0, 0.1) is 6.92 Å². The Labute approximate surface area is 106 Å². The smallest absolute Gasteiger partial charge is 0 e. The number of hydrogen-bond donors (Lipinski definition) is 0. The molecule has 0 unspecified atom stereocenters. The largest absolute Gasteiger partial charge is 0.748 e. The fourth-order valence-corrected chi connectivity index (χ4v) is 0.791. The summed E-state index contributed by atoms with van der Waals surface area (Å²) >= 11 is 0. The van der Waals surface area contributed by atoms with E-state index in [0.29, 0.717) is 0 Å². The minimum atomic E-state index is 0. The summed E-state index contributed by atoms with van der Waals surface area (Å²) in [5.74, 6) is 0. The van der Waals surface area contributed by atoms with Crippen molar-refractivity contribution in [1.82, 2.24) is 0 Å². The van der Waals surface area contributed by atoms with E-state index in [-0.39, 0.29) is 17.1 Å². The van der Waals surface area contributed by atoms with Gasteiger partial charge in [0, 0.05) is 17.1 Å². The number of hydrogen-bond acceptors (Lipinski definition) is 0. The molecular weight excluding hydrogens is 243 g/mol. The van der Waals surface area contributed by atoms with Crippen LogP contribution >= 0.6 is 8.58 Å². The van der Waals surface area contributed by atoms with E-state index < -0.39 is 0 Å². The van der Waals surface area contributed by atoms with Crippen molar-refractivity contribution in [3.05, 3.63) is 60.2 Å². The quantitative estimate of drug-likeness (QED) is 0.382. The summed E-state index contributed by atoms with van der Waals surface area (Å²) in [5.41, 5.74) is 1.34. The summed E-state index contributed by atoms with van der Waals surface area (Å²) in [5, 5.41) is 0. The molecule has 2 aromatic carbocycles. The fourth-order valence-electron chi connectivity index (χ4n) is 0.791. The van der Waals surface area contributed by atoms with Crippen LogP contribution in [0.3, 0.4) is 0 Å². The SMILES string of the molecule is CPC.C[c-]1cccc1.[Fe].[cH-]1[cH-][cH-][cH-][cH-]1. The Hall–Kier alpha value is -0.351. The maximum Gasteiger partial charge on any atom is 0 e. The molecule has 0 spiro atoms. The minimum Gasteiger partial charge on any atom is -0.748 e. The molecule has 0 saturated heterocycles. The van der Waals surface area contributed by atoms with Gasteiger partial charge in [-0.2, -0.15) is 17.7 Å². The molecule has 0 amide bonds. The van der Waals surface area contributed by atoms with Crippen molar-refractivity contribution in [2.45, 2.75) is 6.92 Å². The van der Waals surface area contributed by atoms with Gasteiger partial charge in [0.2, 0.25) is 0 Å². The predicted octanol–water partition coefficient (Wildman–Crippen LogP) is 4.04. The van der Waals surface area contributed by atoms with E-state index in [0.717, 1.165) is 8.58 Å². The summed E-state index contributed by atoms with van der Waals surface area (Å²) in [6, 6.07) is 18.2. The van der Waals surface area contributed by atoms with Gasteiger partial charge in [-0.15, -0.1) is 8.58 Å². The van der Waals surface area contributed by atoms with Gasteiger partial charge in [0.15, 0.2) is 0 Å². The van der Waals surface area contributed by atoms with Crippen LogP contribution in [0.25, 0.3) is 0 Å². The maximum absolute atomic E-state index is 2.15. The van der Waals surface area contributed by atoms with Crippen molar-refractivity contribution in [3.63, 3.8) is 0 Å². The average molecular weight is 262 g/mol. The van der Waals surface area contributed by atoms with Gasteiger partial charge in [0.25, 0.3) is 0 Å². The van der Waals surface area contributed by atoms with Crippen molar-refractivity contribution < 1.29 is 17.1 Å². The van der Waals surface area contributed by atoms with Crippen LogP contribution in [0.15, 0.2) is 54.6 Å². The molecular formula is C13H19FeP-6. The van der Waals surface area contributed by atoms with Crippen LogP contribution in [0.1, 0.15) is 5.56 Å². The van der Waals surface area contributed by atoms with Gasteiger partial charge in [-0.05, 0) is 13.3 Å². The monoisotopic (exact) mass is 262 g/mol. The maximum atomic E-state index is 2.15. The Morgan fingerprint density at radius 1 is 0.867 bits per heavy atom. The van der Waals surface area contributed by atoms with Crippen LogP contribution in [0.5, 0.6) is 0 Å². The zero-order valence-electron chi connectivity index (χ0n) is 9.55. The van der Waals surface area contributed by atoms with Crippen molar-refractivity contribution in [2.24, 2.45) is 0 Å². The molecule has 0 nitrogen and oxygen atoms in total. The molecule has 0 radical (unpaired) electrons. The Kier molecular flexibility index (Phi) is 15.5. The van der Waals surface area contributed by atoms with E-state index in [2.05, 4.69) is 32.4 Å². The summed E-state index contributed by atoms with van der Waals surface area (Å²) in [7, 11) is 1.08. The molecule has 0 aromatic heterocycles. The van der Waals surface area contributed by atoms with E-state index in [1.54, 1.807) is 0 Å². The van der Waals surface area contributed by atoms with E-state index >= 15 is 0 Å². The zero-order valence-corrected chi connectivity index (χ0v) is 11.7. The Bertz CT molecular complexity index is 241. The first kappa shape index (κ1) is 17.1. The van der Waals surface area contributed by atoms with Crippen molar-refractivity contribution >= 4 is 8.58 Å². The van der Waals surface area contributed by atoms with Gasteiger partial charge in [-0.3, -0.25) is 0 Å². The molecule has 0 fully saturated rings. The van der Waals surface area contributed by atoms with E-state index in [1.807, 2.05) is 42.5 Å². The number of aryl methyl sites for hydroxylation is 1. The average Bonchev–Trinajstić information content (AvgIpc) is 2.78. The molecule has 0 aliphatic heterocycles.